The van der Waals surface area contributed by atoms with Crippen molar-refractivity contribution in [3.05, 3.63) is 23.1 Å². The van der Waals surface area contributed by atoms with E-state index >= 15 is 0 Å². The van der Waals surface area contributed by atoms with E-state index in [0.29, 0.717) is 17.7 Å². The number of aliphatic hydroxyl groups excluding tert-OH is 1. The Morgan fingerprint density at radius 3 is 2.43 bits per heavy atom. The first kappa shape index (κ1) is 20.9. The summed E-state index contributed by atoms with van der Waals surface area (Å²) in [7, 11) is 1.81. The van der Waals surface area contributed by atoms with E-state index in [0.717, 1.165) is 6.54 Å². The maximum Gasteiger partial charge on any atom is 0.407 e. The summed E-state index contributed by atoms with van der Waals surface area (Å²) in [6, 6.07) is 0. The van der Waals surface area contributed by atoms with Gasteiger partial charge in [-0.1, -0.05) is 12.1 Å². The molecule has 0 saturated heterocycles. The Labute approximate surface area is 139 Å². The van der Waals surface area contributed by atoms with E-state index in [1.54, 1.807) is 32.7 Å². The molecule has 0 heterocycles. The SMILES string of the molecule is CC\C(CNC(=O)OC(C)(C)C)=C(O)/C=C(C)/N=N\N(C)CC. The number of amides is 1. The maximum atomic E-state index is 11.6. The van der Waals surface area contributed by atoms with Gasteiger partial charge in [-0.3, -0.25) is 5.01 Å². The molecule has 0 aliphatic carbocycles. The van der Waals surface area contributed by atoms with Gasteiger partial charge in [0, 0.05) is 26.2 Å². The van der Waals surface area contributed by atoms with Crippen molar-refractivity contribution in [2.45, 2.75) is 53.6 Å². The zero-order chi connectivity index (χ0) is 18.0. The lowest BCUT2D eigenvalue weighted by Gasteiger charge is -2.20. The zero-order valence-electron chi connectivity index (χ0n) is 15.3. The average Bonchev–Trinajstić information content (AvgIpc) is 2.43. The quantitative estimate of drug-likeness (QED) is 0.321. The van der Waals surface area contributed by atoms with Crippen LogP contribution in [0.4, 0.5) is 4.79 Å². The number of ether oxygens (including phenoxy) is 1. The number of hydrogen-bond acceptors (Lipinski definition) is 5. The molecule has 0 aromatic carbocycles. The van der Waals surface area contributed by atoms with E-state index in [1.165, 1.54) is 6.08 Å². The molecule has 0 radical (unpaired) electrons. The van der Waals surface area contributed by atoms with Crippen LogP contribution in [0.3, 0.4) is 0 Å². The number of aliphatic hydroxyl groups is 1. The minimum absolute atomic E-state index is 0.0826. The van der Waals surface area contributed by atoms with Crippen LogP contribution in [0.2, 0.25) is 0 Å². The average molecular weight is 326 g/mol. The van der Waals surface area contributed by atoms with E-state index in [-0.39, 0.29) is 12.3 Å². The molecule has 23 heavy (non-hydrogen) atoms. The molecule has 0 unspecified atom stereocenters. The fourth-order valence-electron chi connectivity index (χ4n) is 1.43. The van der Waals surface area contributed by atoms with Crippen molar-refractivity contribution in [1.82, 2.24) is 10.3 Å². The van der Waals surface area contributed by atoms with Gasteiger partial charge in [-0.2, -0.15) is 0 Å². The highest BCUT2D eigenvalue weighted by molar-refractivity contribution is 5.68. The van der Waals surface area contributed by atoms with E-state index in [4.69, 9.17) is 4.74 Å². The molecular weight excluding hydrogens is 296 g/mol. The second-order valence-corrected chi connectivity index (χ2v) is 6.15. The zero-order valence-corrected chi connectivity index (χ0v) is 15.3. The van der Waals surface area contributed by atoms with Crippen molar-refractivity contribution < 1.29 is 14.6 Å². The maximum absolute atomic E-state index is 11.6. The van der Waals surface area contributed by atoms with Gasteiger partial charge in [-0.15, -0.1) is 5.11 Å². The Morgan fingerprint density at radius 2 is 1.96 bits per heavy atom. The molecule has 0 rings (SSSR count). The van der Waals surface area contributed by atoms with Crippen molar-refractivity contribution in [2.75, 3.05) is 20.1 Å². The minimum Gasteiger partial charge on any atom is -0.508 e. The first-order valence-electron chi connectivity index (χ1n) is 7.78. The van der Waals surface area contributed by atoms with Gasteiger partial charge in [-0.25, -0.2) is 4.79 Å². The van der Waals surface area contributed by atoms with Gasteiger partial charge in [0.15, 0.2) is 0 Å². The summed E-state index contributed by atoms with van der Waals surface area (Å²) < 4.78 is 5.16. The summed E-state index contributed by atoms with van der Waals surface area (Å²) in [4.78, 5) is 11.6. The molecule has 0 aliphatic heterocycles. The van der Waals surface area contributed by atoms with E-state index in [2.05, 4.69) is 15.7 Å². The van der Waals surface area contributed by atoms with Gasteiger partial charge < -0.3 is 15.2 Å². The first-order valence-corrected chi connectivity index (χ1v) is 7.78. The lowest BCUT2D eigenvalue weighted by molar-refractivity contribution is 0.0532. The number of rotatable bonds is 7. The number of alkyl carbamates (subject to hydrolysis) is 1. The van der Waals surface area contributed by atoms with Crippen LogP contribution >= 0.6 is 0 Å². The monoisotopic (exact) mass is 326 g/mol. The Morgan fingerprint density at radius 1 is 1.35 bits per heavy atom. The molecule has 0 aromatic rings. The largest absolute Gasteiger partial charge is 0.508 e. The van der Waals surface area contributed by atoms with Crippen molar-refractivity contribution >= 4 is 6.09 Å². The van der Waals surface area contributed by atoms with Gasteiger partial charge in [-0.05, 0) is 46.6 Å². The fourth-order valence-corrected chi connectivity index (χ4v) is 1.43. The molecule has 0 bridgehead atoms. The van der Waals surface area contributed by atoms with Gasteiger partial charge in [0.25, 0.3) is 0 Å². The Balaban J connectivity index is 4.81. The van der Waals surface area contributed by atoms with Crippen molar-refractivity contribution in [3.8, 4) is 0 Å². The van der Waals surface area contributed by atoms with Gasteiger partial charge in [0.1, 0.15) is 11.4 Å². The third-order valence-corrected chi connectivity index (χ3v) is 2.79. The number of hydrogen-bond donors (Lipinski definition) is 2. The molecule has 0 atom stereocenters. The van der Waals surface area contributed by atoms with E-state index in [1.807, 2.05) is 20.9 Å². The number of allylic oxidation sites excluding steroid dienone is 2. The lowest BCUT2D eigenvalue weighted by atomic mass is 10.1. The lowest BCUT2D eigenvalue weighted by Crippen LogP contribution is -2.33. The summed E-state index contributed by atoms with van der Waals surface area (Å²) >= 11 is 0. The smallest absolute Gasteiger partial charge is 0.407 e. The molecule has 0 fully saturated rings. The predicted molar refractivity (Wildman–Crippen MR) is 91.1 cm³/mol. The molecule has 132 valence electrons. The molecule has 0 aliphatic rings. The Bertz CT molecular complexity index is 476. The summed E-state index contributed by atoms with van der Waals surface area (Å²) in [6.07, 6.45) is 1.61. The molecular formula is C16H30N4O3. The standard InChI is InChI=1S/C16H30N4O3/c1-8-13(11-17-15(22)23-16(4,5)6)14(21)10-12(3)18-19-20(7)9-2/h10,21H,8-9,11H2,1-7H3,(H,17,22)/b12-10+,14-13-,19-18-. The van der Waals surface area contributed by atoms with Crippen molar-refractivity contribution in [2.24, 2.45) is 10.3 Å². The number of nitrogens with one attached hydrogen (secondary N) is 1. The highest BCUT2D eigenvalue weighted by Gasteiger charge is 2.16. The summed E-state index contributed by atoms with van der Waals surface area (Å²) in [5.41, 5.74) is 0.713. The number of carbonyl (C=O) groups excluding carboxylic acids is 1. The highest BCUT2D eigenvalue weighted by Crippen LogP contribution is 2.11. The van der Waals surface area contributed by atoms with Crippen molar-refractivity contribution in [1.29, 1.82) is 0 Å². The van der Waals surface area contributed by atoms with Crippen LogP contribution in [-0.2, 0) is 4.74 Å². The topological polar surface area (TPSA) is 86.5 Å². The minimum atomic E-state index is -0.551. The predicted octanol–water partition coefficient (Wildman–Crippen LogP) is 3.96. The number of carbonyl (C=O) groups is 1. The molecule has 0 spiro atoms. The second-order valence-electron chi connectivity index (χ2n) is 6.15. The van der Waals surface area contributed by atoms with Crippen LogP contribution in [0.15, 0.2) is 33.4 Å². The summed E-state index contributed by atoms with van der Waals surface area (Å²) in [5.74, 6) is 0.0826. The van der Waals surface area contributed by atoms with Crippen molar-refractivity contribution in [3.63, 3.8) is 0 Å². The van der Waals surface area contributed by atoms with Crippen LogP contribution in [0.5, 0.6) is 0 Å². The van der Waals surface area contributed by atoms with Crippen LogP contribution in [-0.4, -0.2) is 41.9 Å². The van der Waals surface area contributed by atoms with E-state index in [9.17, 15) is 9.90 Å². The molecule has 2 N–H and O–H groups in total. The van der Waals surface area contributed by atoms with Gasteiger partial charge >= 0.3 is 6.09 Å². The normalized spacial score (nSPS) is 13.8. The molecule has 0 saturated carbocycles. The fraction of sp³-hybridized carbons (Fsp3) is 0.688. The Hall–Kier alpha value is -2.05. The van der Waals surface area contributed by atoms with Gasteiger partial charge in [0.05, 0.1) is 5.70 Å². The number of nitrogens with zero attached hydrogens (tertiary/aromatic N) is 3. The molecule has 7 nitrogen and oxygen atoms in total. The van der Waals surface area contributed by atoms with E-state index < -0.39 is 11.7 Å². The second kappa shape index (κ2) is 9.86. The highest BCUT2D eigenvalue weighted by atomic mass is 16.6. The molecule has 0 aromatic heterocycles. The van der Waals surface area contributed by atoms with Gasteiger partial charge in [0.2, 0.25) is 0 Å². The third kappa shape index (κ3) is 10.3. The first-order chi connectivity index (χ1) is 10.6. The van der Waals surface area contributed by atoms with Crippen LogP contribution in [0.25, 0.3) is 0 Å². The molecule has 1 amide bonds. The summed E-state index contributed by atoms with van der Waals surface area (Å²) in [5, 5.41) is 22.4. The Kier molecular flexibility index (Phi) is 8.98. The third-order valence-electron chi connectivity index (χ3n) is 2.79. The summed E-state index contributed by atoms with van der Waals surface area (Å²) in [6.45, 7) is 12.0. The molecule has 7 heteroatoms. The van der Waals surface area contributed by atoms with Crippen LogP contribution in [0, 0.1) is 0 Å². The van der Waals surface area contributed by atoms with Crippen LogP contribution < -0.4 is 5.32 Å². The van der Waals surface area contributed by atoms with Crippen LogP contribution in [0.1, 0.15) is 48.0 Å².